The lowest BCUT2D eigenvalue weighted by atomic mass is 10.2. The molecule has 1 aromatic heterocycles. The van der Waals surface area contributed by atoms with Crippen LogP contribution in [0.3, 0.4) is 0 Å². The maximum Gasteiger partial charge on any atom is 0.449 e. The Morgan fingerprint density at radius 1 is 1.38 bits per heavy atom. The number of halogens is 4. The number of nitrogens with zero attached hydrogens (tertiary/aromatic N) is 2. The number of benzene rings is 1. The second-order valence-corrected chi connectivity index (χ2v) is 5.87. The number of rotatable bonds is 4. The normalized spacial score (nSPS) is 12.1. The van der Waals surface area contributed by atoms with Crippen molar-refractivity contribution < 1.29 is 18.0 Å². The van der Waals surface area contributed by atoms with Crippen LogP contribution in [0, 0.1) is 0 Å². The van der Waals surface area contributed by atoms with Crippen molar-refractivity contribution in [1.29, 1.82) is 0 Å². The van der Waals surface area contributed by atoms with Crippen molar-refractivity contribution in [2.24, 2.45) is 0 Å². The van der Waals surface area contributed by atoms with E-state index in [1.54, 1.807) is 13.0 Å². The Morgan fingerprint density at radius 2 is 2.05 bits per heavy atom. The van der Waals surface area contributed by atoms with Crippen molar-refractivity contribution in [2.75, 3.05) is 5.75 Å². The maximum atomic E-state index is 13.0. The smallest absolute Gasteiger partial charge is 0.321 e. The molecule has 0 N–H and O–H groups in total. The number of aromatic nitrogens is 2. The number of hydrogen-bond donors (Lipinski definition) is 0. The molecule has 0 saturated heterocycles. The number of thioether (sulfide) groups is 1. The summed E-state index contributed by atoms with van der Waals surface area (Å²) in [5.74, 6) is -0.290. The lowest BCUT2D eigenvalue weighted by molar-refractivity contribution is -0.146. The van der Waals surface area contributed by atoms with Crippen LogP contribution in [0.1, 0.15) is 30.0 Å². The third kappa shape index (κ3) is 3.03. The number of imidazole rings is 1. The van der Waals surface area contributed by atoms with Crippen molar-refractivity contribution in [3.63, 3.8) is 0 Å². The van der Waals surface area contributed by atoms with E-state index in [0.717, 1.165) is 4.57 Å². The first-order valence-corrected chi connectivity index (χ1v) is 7.60. The first-order chi connectivity index (χ1) is 9.79. The predicted molar refractivity (Wildman–Crippen MR) is 77.0 cm³/mol. The highest BCUT2D eigenvalue weighted by Gasteiger charge is 2.37. The van der Waals surface area contributed by atoms with Crippen LogP contribution in [0.25, 0.3) is 11.0 Å². The second-order valence-electron chi connectivity index (χ2n) is 4.22. The van der Waals surface area contributed by atoms with Gasteiger partial charge in [0.1, 0.15) is 0 Å². The molecule has 0 amide bonds. The third-order valence-corrected chi connectivity index (χ3v) is 4.07. The van der Waals surface area contributed by atoms with Crippen molar-refractivity contribution in [3.8, 4) is 0 Å². The molecule has 0 aliphatic carbocycles. The molecule has 0 unspecified atom stereocenters. The summed E-state index contributed by atoms with van der Waals surface area (Å²) in [7, 11) is 0. The number of fused-ring (bicyclic) bond motifs is 1. The highest BCUT2D eigenvalue weighted by molar-refractivity contribution is 7.99. The first kappa shape index (κ1) is 16.2. The Hall–Kier alpha value is -1.21. The van der Waals surface area contributed by atoms with Gasteiger partial charge in [-0.3, -0.25) is 4.79 Å². The standard InChI is InChI=1S/C13H12ClF3N2OS/c1-3-19-9-6-10(21-4-2)7(11(14)20)5-8(9)18-12(19)13(15,16)17/h5-6H,3-4H2,1-2H3. The molecule has 0 atom stereocenters. The fourth-order valence-electron chi connectivity index (χ4n) is 2.12. The quantitative estimate of drug-likeness (QED) is 0.606. The number of carbonyl (C=O) groups excluding carboxylic acids is 1. The highest BCUT2D eigenvalue weighted by atomic mass is 35.5. The van der Waals surface area contributed by atoms with E-state index < -0.39 is 17.2 Å². The van der Waals surface area contributed by atoms with E-state index in [1.165, 1.54) is 17.8 Å². The predicted octanol–water partition coefficient (Wildman–Crippen LogP) is 4.57. The fourth-order valence-corrected chi connectivity index (χ4v) is 3.14. The Balaban J connectivity index is 2.77. The SMILES string of the molecule is CCSc1cc2c(cc1C(=O)Cl)nc(C(F)(F)F)n2CC. The van der Waals surface area contributed by atoms with Gasteiger partial charge in [0.25, 0.3) is 5.24 Å². The third-order valence-electron chi connectivity index (χ3n) is 2.93. The van der Waals surface area contributed by atoms with Crippen LogP contribution in [0.4, 0.5) is 13.2 Å². The number of carbonyl (C=O) groups is 1. The van der Waals surface area contributed by atoms with Gasteiger partial charge in [0.15, 0.2) is 0 Å². The molecule has 2 rings (SSSR count). The Bertz CT molecular complexity index is 697. The van der Waals surface area contributed by atoms with E-state index in [1.807, 2.05) is 6.92 Å². The summed E-state index contributed by atoms with van der Waals surface area (Å²) >= 11 is 6.86. The van der Waals surface area contributed by atoms with Crippen LogP contribution in [-0.4, -0.2) is 20.5 Å². The fraction of sp³-hybridized carbons (Fsp3) is 0.385. The maximum absolute atomic E-state index is 13.0. The van der Waals surface area contributed by atoms with Crippen LogP contribution in [0.5, 0.6) is 0 Å². The minimum atomic E-state index is -4.54. The molecule has 0 bridgehead atoms. The molecule has 0 aliphatic rings. The molecule has 8 heteroatoms. The summed E-state index contributed by atoms with van der Waals surface area (Å²) < 4.78 is 40.1. The van der Waals surface area contributed by atoms with Crippen LogP contribution in [0.15, 0.2) is 17.0 Å². The minimum absolute atomic E-state index is 0.119. The van der Waals surface area contributed by atoms with E-state index in [-0.39, 0.29) is 17.6 Å². The number of aryl methyl sites for hydroxylation is 1. The molecule has 1 aromatic carbocycles. The Labute approximate surface area is 128 Å². The van der Waals surface area contributed by atoms with Gasteiger partial charge >= 0.3 is 6.18 Å². The average molecular weight is 337 g/mol. The zero-order valence-corrected chi connectivity index (χ0v) is 12.9. The molecular formula is C13H12ClF3N2OS. The lowest BCUT2D eigenvalue weighted by Crippen LogP contribution is -2.14. The number of alkyl halides is 3. The zero-order chi connectivity index (χ0) is 15.8. The Kier molecular flexibility index (Phi) is 4.53. The summed E-state index contributed by atoms with van der Waals surface area (Å²) in [6.07, 6.45) is -4.54. The van der Waals surface area contributed by atoms with Gasteiger partial charge in [-0.1, -0.05) is 6.92 Å². The highest BCUT2D eigenvalue weighted by Crippen LogP contribution is 2.34. The minimum Gasteiger partial charge on any atom is -0.321 e. The molecule has 114 valence electrons. The van der Waals surface area contributed by atoms with Crippen LogP contribution < -0.4 is 0 Å². The molecule has 0 radical (unpaired) electrons. The van der Waals surface area contributed by atoms with Gasteiger partial charge in [0.2, 0.25) is 5.82 Å². The van der Waals surface area contributed by atoms with Gasteiger partial charge in [-0.05, 0) is 36.4 Å². The van der Waals surface area contributed by atoms with E-state index in [0.29, 0.717) is 16.2 Å². The van der Waals surface area contributed by atoms with E-state index in [2.05, 4.69) is 4.98 Å². The van der Waals surface area contributed by atoms with Gasteiger partial charge in [-0.15, -0.1) is 11.8 Å². The topological polar surface area (TPSA) is 34.9 Å². The molecule has 21 heavy (non-hydrogen) atoms. The van der Waals surface area contributed by atoms with Crippen molar-refractivity contribution in [3.05, 3.63) is 23.5 Å². The molecule has 0 saturated carbocycles. The van der Waals surface area contributed by atoms with E-state index >= 15 is 0 Å². The zero-order valence-electron chi connectivity index (χ0n) is 11.3. The van der Waals surface area contributed by atoms with Gasteiger partial charge < -0.3 is 4.57 Å². The van der Waals surface area contributed by atoms with Gasteiger partial charge in [-0.2, -0.15) is 13.2 Å². The largest absolute Gasteiger partial charge is 0.449 e. The average Bonchev–Trinajstić information content (AvgIpc) is 2.75. The number of hydrogen-bond acceptors (Lipinski definition) is 3. The van der Waals surface area contributed by atoms with Crippen LogP contribution in [-0.2, 0) is 12.7 Å². The molecule has 0 fully saturated rings. The van der Waals surface area contributed by atoms with Gasteiger partial charge in [-0.25, -0.2) is 4.98 Å². The first-order valence-electron chi connectivity index (χ1n) is 6.23. The van der Waals surface area contributed by atoms with Crippen LogP contribution in [0.2, 0.25) is 0 Å². The monoisotopic (exact) mass is 336 g/mol. The lowest BCUT2D eigenvalue weighted by Gasteiger charge is -2.09. The van der Waals surface area contributed by atoms with E-state index in [4.69, 9.17) is 11.6 Å². The van der Waals surface area contributed by atoms with Gasteiger partial charge in [0.05, 0.1) is 11.0 Å². The Morgan fingerprint density at radius 3 is 2.52 bits per heavy atom. The summed E-state index contributed by atoms with van der Waals surface area (Å²) in [5, 5.41) is -0.701. The summed E-state index contributed by atoms with van der Waals surface area (Å²) in [5.41, 5.74) is 0.654. The molecular weight excluding hydrogens is 325 g/mol. The van der Waals surface area contributed by atoms with Crippen molar-refractivity contribution in [2.45, 2.75) is 31.5 Å². The molecule has 2 aromatic rings. The second kappa shape index (κ2) is 5.88. The van der Waals surface area contributed by atoms with Gasteiger partial charge in [0, 0.05) is 17.0 Å². The summed E-state index contributed by atoms with van der Waals surface area (Å²) in [4.78, 5) is 15.6. The molecule has 3 nitrogen and oxygen atoms in total. The summed E-state index contributed by atoms with van der Waals surface area (Å²) in [6, 6.07) is 2.87. The summed E-state index contributed by atoms with van der Waals surface area (Å²) in [6.45, 7) is 3.63. The van der Waals surface area contributed by atoms with Crippen molar-refractivity contribution in [1.82, 2.24) is 9.55 Å². The molecule has 1 heterocycles. The van der Waals surface area contributed by atoms with Crippen molar-refractivity contribution >= 4 is 39.6 Å². The molecule has 0 spiro atoms. The van der Waals surface area contributed by atoms with Crippen LogP contribution >= 0.6 is 23.4 Å². The molecule has 0 aliphatic heterocycles. The van der Waals surface area contributed by atoms with E-state index in [9.17, 15) is 18.0 Å².